The van der Waals surface area contributed by atoms with E-state index in [0.717, 1.165) is 38.2 Å². The Morgan fingerprint density at radius 2 is 2.05 bits per heavy atom. The summed E-state index contributed by atoms with van der Waals surface area (Å²) >= 11 is 0. The fourth-order valence-electron chi connectivity index (χ4n) is 2.45. The first-order valence-corrected chi connectivity index (χ1v) is 7.87. The van der Waals surface area contributed by atoms with Crippen molar-refractivity contribution >= 4 is 0 Å². The lowest BCUT2D eigenvalue weighted by Gasteiger charge is -2.27. The molecule has 0 fully saturated rings. The van der Waals surface area contributed by atoms with Gasteiger partial charge in [0.1, 0.15) is 12.2 Å². The average molecular weight is 282 g/mol. The standard InChI is InChI=1S/C15H30N4O/c1-6-9-16-13(14(7-2)20-8-3)10-15-17-11-18-19(15)12(4)5/h11-14,16H,6-10H2,1-5H3. The third-order valence-corrected chi connectivity index (χ3v) is 3.43. The summed E-state index contributed by atoms with van der Waals surface area (Å²) in [6.07, 6.45) is 4.86. The molecule has 2 atom stereocenters. The molecule has 0 amide bonds. The number of nitrogens with one attached hydrogen (secondary N) is 1. The first-order valence-electron chi connectivity index (χ1n) is 7.87. The van der Waals surface area contributed by atoms with Gasteiger partial charge >= 0.3 is 0 Å². The summed E-state index contributed by atoms with van der Waals surface area (Å²) in [6.45, 7) is 12.4. The van der Waals surface area contributed by atoms with E-state index < -0.39 is 0 Å². The largest absolute Gasteiger partial charge is 0.377 e. The van der Waals surface area contributed by atoms with Gasteiger partial charge in [-0.05, 0) is 40.2 Å². The van der Waals surface area contributed by atoms with Gasteiger partial charge in [-0.25, -0.2) is 9.67 Å². The highest BCUT2D eigenvalue weighted by atomic mass is 16.5. The van der Waals surface area contributed by atoms with Crippen LogP contribution in [0.3, 0.4) is 0 Å². The summed E-state index contributed by atoms with van der Waals surface area (Å²) < 4.78 is 7.88. The minimum Gasteiger partial charge on any atom is -0.377 e. The Balaban J connectivity index is 2.79. The van der Waals surface area contributed by atoms with Crippen LogP contribution in [0.2, 0.25) is 0 Å². The second kappa shape index (κ2) is 9.08. The monoisotopic (exact) mass is 282 g/mol. The van der Waals surface area contributed by atoms with Gasteiger partial charge in [0, 0.05) is 25.1 Å². The molecule has 1 aromatic rings. The third-order valence-electron chi connectivity index (χ3n) is 3.43. The van der Waals surface area contributed by atoms with Crippen LogP contribution in [0.25, 0.3) is 0 Å². The molecular formula is C15H30N4O. The van der Waals surface area contributed by atoms with Crippen molar-refractivity contribution in [1.82, 2.24) is 20.1 Å². The normalized spacial score (nSPS) is 14.7. The van der Waals surface area contributed by atoms with Gasteiger partial charge in [0.25, 0.3) is 0 Å². The summed E-state index contributed by atoms with van der Waals surface area (Å²) in [5.74, 6) is 1.03. The second-order valence-corrected chi connectivity index (χ2v) is 5.38. The minimum absolute atomic E-state index is 0.226. The average Bonchev–Trinajstić information content (AvgIpc) is 2.89. The van der Waals surface area contributed by atoms with E-state index in [-0.39, 0.29) is 6.10 Å². The summed E-state index contributed by atoms with van der Waals surface area (Å²) in [7, 11) is 0. The number of aromatic nitrogens is 3. The van der Waals surface area contributed by atoms with Gasteiger partial charge in [-0.2, -0.15) is 5.10 Å². The minimum atomic E-state index is 0.226. The van der Waals surface area contributed by atoms with Crippen molar-refractivity contribution in [2.24, 2.45) is 0 Å². The Morgan fingerprint density at radius 1 is 1.30 bits per heavy atom. The van der Waals surface area contributed by atoms with Crippen LogP contribution in [0.5, 0.6) is 0 Å². The van der Waals surface area contributed by atoms with Crippen molar-refractivity contribution in [2.45, 2.75) is 72.1 Å². The Kier molecular flexibility index (Phi) is 7.77. The van der Waals surface area contributed by atoms with E-state index in [1.54, 1.807) is 6.33 Å². The van der Waals surface area contributed by atoms with Crippen LogP contribution in [0.1, 0.15) is 59.3 Å². The van der Waals surface area contributed by atoms with Crippen LogP contribution in [-0.2, 0) is 11.2 Å². The van der Waals surface area contributed by atoms with Crippen molar-refractivity contribution in [3.8, 4) is 0 Å². The van der Waals surface area contributed by atoms with Crippen molar-refractivity contribution in [3.05, 3.63) is 12.2 Å². The molecule has 2 unspecified atom stereocenters. The molecule has 0 aromatic carbocycles. The molecule has 0 aliphatic rings. The maximum Gasteiger partial charge on any atom is 0.138 e. The highest BCUT2D eigenvalue weighted by Gasteiger charge is 2.22. The first-order chi connectivity index (χ1) is 9.63. The van der Waals surface area contributed by atoms with Crippen LogP contribution < -0.4 is 5.32 Å². The van der Waals surface area contributed by atoms with Gasteiger partial charge in [-0.15, -0.1) is 0 Å². The summed E-state index contributed by atoms with van der Waals surface area (Å²) in [6, 6.07) is 0.632. The van der Waals surface area contributed by atoms with E-state index in [1.165, 1.54) is 0 Å². The van der Waals surface area contributed by atoms with E-state index in [2.05, 4.69) is 50.0 Å². The van der Waals surface area contributed by atoms with Gasteiger partial charge in [-0.3, -0.25) is 0 Å². The molecule has 0 saturated heterocycles. The topological polar surface area (TPSA) is 52.0 Å². The molecule has 1 rings (SSSR count). The SMILES string of the molecule is CCCNC(Cc1ncnn1C(C)C)C(CC)OCC. The molecule has 0 radical (unpaired) electrons. The van der Waals surface area contributed by atoms with Gasteiger partial charge in [-0.1, -0.05) is 13.8 Å². The van der Waals surface area contributed by atoms with Gasteiger partial charge in [0.2, 0.25) is 0 Å². The number of hydrogen-bond donors (Lipinski definition) is 1. The van der Waals surface area contributed by atoms with Crippen LogP contribution in [0.15, 0.2) is 6.33 Å². The Bertz CT molecular complexity index is 365. The zero-order chi connectivity index (χ0) is 15.0. The van der Waals surface area contributed by atoms with Crippen LogP contribution in [0, 0.1) is 0 Å². The quantitative estimate of drug-likeness (QED) is 0.716. The molecule has 20 heavy (non-hydrogen) atoms. The number of rotatable bonds is 10. The van der Waals surface area contributed by atoms with Crippen LogP contribution in [-0.4, -0.2) is 40.1 Å². The smallest absolute Gasteiger partial charge is 0.138 e. The molecule has 0 saturated carbocycles. The molecule has 5 heteroatoms. The van der Waals surface area contributed by atoms with Crippen molar-refractivity contribution < 1.29 is 4.74 Å². The maximum absolute atomic E-state index is 5.88. The van der Waals surface area contributed by atoms with E-state index in [1.807, 2.05) is 4.68 Å². The van der Waals surface area contributed by atoms with Crippen molar-refractivity contribution in [1.29, 1.82) is 0 Å². The van der Waals surface area contributed by atoms with E-state index in [4.69, 9.17) is 4.74 Å². The second-order valence-electron chi connectivity index (χ2n) is 5.38. The van der Waals surface area contributed by atoms with Gasteiger partial charge in [0.05, 0.1) is 6.10 Å². The fraction of sp³-hybridized carbons (Fsp3) is 0.867. The molecule has 0 aliphatic carbocycles. The maximum atomic E-state index is 5.88. The van der Waals surface area contributed by atoms with Gasteiger partial charge in [0.15, 0.2) is 0 Å². The molecule has 0 spiro atoms. The molecule has 0 bridgehead atoms. The van der Waals surface area contributed by atoms with E-state index in [0.29, 0.717) is 12.1 Å². The zero-order valence-corrected chi connectivity index (χ0v) is 13.6. The summed E-state index contributed by atoms with van der Waals surface area (Å²) in [5.41, 5.74) is 0. The Morgan fingerprint density at radius 3 is 2.60 bits per heavy atom. The summed E-state index contributed by atoms with van der Waals surface area (Å²) in [4.78, 5) is 4.42. The van der Waals surface area contributed by atoms with Crippen LogP contribution in [0.4, 0.5) is 0 Å². The molecule has 1 aromatic heterocycles. The highest BCUT2D eigenvalue weighted by molar-refractivity contribution is 4.94. The van der Waals surface area contributed by atoms with Crippen LogP contribution >= 0.6 is 0 Å². The van der Waals surface area contributed by atoms with E-state index >= 15 is 0 Å². The zero-order valence-electron chi connectivity index (χ0n) is 13.6. The fourth-order valence-corrected chi connectivity index (χ4v) is 2.45. The number of nitrogens with zero attached hydrogens (tertiary/aromatic N) is 3. The van der Waals surface area contributed by atoms with Crippen molar-refractivity contribution in [2.75, 3.05) is 13.2 Å². The third kappa shape index (κ3) is 4.87. The molecular weight excluding hydrogens is 252 g/mol. The predicted octanol–water partition coefficient (Wildman–Crippen LogP) is 2.58. The predicted molar refractivity (Wildman–Crippen MR) is 81.9 cm³/mol. The lowest BCUT2D eigenvalue weighted by atomic mass is 10.0. The molecule has 1 N–H and O–H groups in total. The highest BCUT2D eigenvalue weighted by Crippen LogP contribution is 2.13. The summed E-state index contributed by atoms with van der Waals surface area (Å²) in [5, 5.41) is 7.92. The molecule has 1 heterocycles. The molecule has 0 aliphatic heterocycles. The lowest BCUT2D eigenvalue weighted by molar-refractivity contribution is 0.0311. The number of ether oxygens (including phenoxy) is 1. The molecule has 5 nitrogen and oxygen atoms in total. The Labute approximate surface area is 123 Å². The van der Waals surface area contributed by atoms with Gasteiger partial charge < -0.3 is 10.1 Å². The molecule has 116 valence electrons. The Hall–Kier alpha value is -0.940. The number of hydrogen-bond acceptors (Lipinski definition) is 4. The lowest BCUT2D eigenvalue weighted by Crippen LogP contribution is -2.43. The van der Waals surface area contributed by atoms with Crippen molar-refractivity contribution in [3.63, 3.8) is 0 Å². The first kappa shape index (κ1) is 17.1. The van der Waals surface area contributed by atoms with E-state index in [9.17, 15) is 0 Å².